The van der Waals surface area contributed by atoms with Gasteiger partial charge in [0.1, 0.15) is 5.75 Å². The molecule has 0 saturated carbocycles. The minimum Gasteiger partial charge on any atom is -0.482 e. The van der Waals surface area contributed by atoms with Crippen LogP contribution in [0, 0.1) is 6.92 Å². The summed E-state index contributed by atoms with van der Waals surface area (Å²) in [6.07, 6.45) is 0.852. The van der Waals surface area contributed by atoms with E-state index in [1.807, 2.05) is 67.6 Å². The van der Waals surface area contributed by atoms with E-state index in [-0.39, 0.29) is 12.5 Å². The predicted molar refractivity (Wildman–Crippen MR) is 112 cm³/mol. The van der Waals surface area contributed by atoms with Crippen LogP contribution in [0.2, 0.25) is 5.02 Å². The molecule has 0 aromatic heterocycles. The minimum absolute atomic E-state index is 0.0953. The van der Waals surface area contributed by atoms with Crippen molar-refractivity contribution in [2.45, 2.75) is 20.3 Å². The number of carbonyl (C=O) groups is 1. The number of ether oxygens (including phenoxy) is 1. The van der Waals surface area contributed by atoms with Gasteiger partial charge in [0.2, 0.25) is 0 Å². The van der Waals surface area contributed by atoms with Gasteiger partial charge < -0.3 is 10.1 Å². The Kier molecular flexibility index (Phi) is 6.15. The maximum atomic E-state index is 12.3. The number of aryl methyl sites for hydroxylation is 2. The lowest BCUT2D eigenvalue weighted by Gasteiger charge is -2.14. The zero-order valence-corrected chi connectivity index (χ0v) is 16.2. The first-order chi connectivity index (χ1) is 13.1. The molecule has 0 aliphatic rings. The van der Waals surface area contributed by atoms with E-state index in [0.717, 1.165) is 34.4 Å². The molecule has 0 radical (unpaired) electrons. The summed E-state index contributed by atoms with van der Waals surface area (Å²) in [5, 5.41) is 3.43. The Labute approximate surface area is 164 Å². The minimum atomic E-state index is -0.206. The first-order valence-electron chi connectivity index (χ1n) is 8.94. The molecule has 1 N–H and O–H groups in total. The molecule has 27 heavy (non-hydrogen) atoms. The third-order valence-electron chi connectivity index (χ3n) is 4.40. The highest BCUT2D eigenvalue weighted by Crippen LogP contribution is 2.30. The van der Waals surface area contributed by atoms with Crippen LogP contribution in [-0.2, 0) is 11.2 Å². The summed E-state index contributed by atoms with van der Waals surface area (Å²) in [5.74, 6) is 0.286. The first kappa shape index (κ1) is 19.0. The lowest BCUT2D eigenvalue weighted by atomic mass is 10.1. The molecule has 1 amide bonds. The van der Waals surface area contributed by atoms with Crippen LogP contribution in [0.25, 0.3) is 11.1 Å². The zero-order valence-electron chi connectivity index (χ0n) is 15.5. The van der Waals surface area contributed by atoms with Gasteiger partial charge in [0, 0.05) is 5.69 Å². The summed E-state index contributed by atoms with van der Waals surface area (Å²) in [6, 6.07) is 21.5. The standard InChI is InChI=1S/C23H22ClNO2/c1-3-17-11-7-8-16(2)23(17)25-22(26)15-27-21-13-12-19(14-20(21)24)18-9-5-4-6-10-18/h4-14H,3,15H2,1-2H3,(H,25,26). The molecule has 0 bridgehead atoms. The number of rotatable bonds is 6. The largest absolute Gasteiger partial charge is 0.482 e. The molecule has 138 valence electrons. The number of anilines is 1. The van der Waals surface area contributed by atoms with Gasteiger partial charge in [-0.1, -0.05) is 73.1 Å². The van der Waals surface area contributed by atoms with Crippen LogP contribution in [0.3, 0.4) is 0 Å². The fourth-order valence-corrected chi connectivity index (χ4v) is 3.18. The normalized spacial score (nSPS) is 10.5. The molecule has 0 unspecified atom stereocenters. The summed E-state index contributed by atoms with van der Waals surface area (Å²) in [4.78, 5) is 12.3. The molecule has 4 heteroatoms. The van der Waals surface area contributed by atoms with Crippen molar-refractivity contribution in [2.75, 3.05) is 11.9 Å². The van der Waals surface area contributed by atoms with Gasteiger partial charge in [0.15, 0.2) is 6.61 Å². The number of benzene rings is 3. The molecular weight excluding hydrogens is 358 g/mol. The Morgan fingerprint density at radius 3 is 2.48 bits per heavy atom. The lowest BCUT2D eigenvalue weighted by Crippen LogP contribution is -2.21. The average Bonchev–Trinajstić information content (AvgIpc) is 2.69. The van der Waals surface area contributed by atoms with E-state index in [4.69, 9.17) is 16.3 Å². The molecular formula is C23H22ClNO2. The third-order valence-corrected chi connectivity index (χ3v) is 4.70. The van der Waals surface area contributed by atoms with Crippen LogP contribution in [0.15, 0.2) is 66.7 Å². The van der Waals surface area contributed by atoms with E-state index in [9.17, 15) is 4.79 Å². The van der Waals surface area contributed by atoms with Crippen LogP contribution >= 0.6 is 11.6 Å². The van der Waals surface area contributed by atoms with E-state index in [1.165, 1.54) is 0 Å². The molecule has 0 heterocycles. The average molecular weight is 380 g/mol. The molecule has 0 spiro atoms. The van der Waals surface area contributed by atoms with Gasteiger partial charge in [-0.05, 0) is 47.7 Å². The monoisotopic (exact) mass is 379 g/mol. The summed E-state index contributed by atoms with van der Waals surface area (Å²) in [6.45, 7) is 3.95. The second-order valence-corrected chi connectivity index (χ2v) is 6.72. The smallest absolute Gasteiger partial charge is 0.262 e. The molecule has 0 aliphatic carbocycles. The van der Waals surface area contributed by atoms with Crippen LogP contribution in [0.4, 0.5) is 5.69 Å². The highest BCUT2D eigenvalue weighted by molar-refractivity contribution is 6.32. The Balaban J connectivity index is 1.66. The maximum absolute atomic E-state index is 12.3. The number of hydrogen-bond acceptors (Lipinski definition) is 2. The highest BCUT2D eigenvalue weighted by Gasteiger charge is 2.11. The third kappa shape index (κ3) is 4.69. The second-order valence-electron chi connectivity index (χ2n) is 6.31. The van der Waals surface area contributed by atoms with Gasteiger partial charge in [0.05, 0.1) is 5.02 Å². The topological polar surface area (TPSA) is 38.3 Å². The number of nitrogens with one attached hydrogen (secondary N) is 1. The van der Waals surface area contributed by atoms with Crippen LogP contribution in [0.1, 0.15) is 18.1 Å². The predicted octanol–water partition coefficient (Wildman–Crippen LogP) is 5.90. The Bertz CT molecular complexity index is 938. The number of amides is 1. The van der Waals surface area contributed by atoms with E-state index in [1.54, 1.807) is 6.07 Å². The SMILES string of the molecule is CCc1cccc(C)c1NC(=O)COc1ccc(-c2ccccc2)cc1Cl. The number of carbonyl (C=O) groups excluding carboxylic acids is 1. The molecule has 3 rings (SSSR count). The molecule has 0 atom stereocenters. The van der Waals surface area contributed by atoms with Crippen molar-refractivity contribution in [1.29, 1.82) is 0 Å². The Morgan fingerprint density at radius 1 is 1.00 bits per heavy atom. The van der Waals surface area contributed by atoms with Gasteiger partial charge in [-0.15, -0.1) is 0 Å². The lowest BCUT2D eigenvalue weighted by molar-refractivity contribution is -0.118. The second kappa shape index (κ2) is 8.74. The fourth-order valence-electron chi connectivity index (χ4n) is 2.95. The van der Waals surface area contributed by atoms with Gasteiger partial charge >= 0.3 is 0 Å². The van der Waals surface area contributed by atoms with Crippen molar-refractivity contribution in [3.05, 3.63) is 82.9 Å². The van der Waals surface area contributed by atoms with Crippen molar-refractivity contribution in [3.63, 3.8) is 0 Å². The summed E-state index contributed by atoms with van der Waals surface area (Å²) >= 11 is 6.34. The first-order valence-corrected chi connectivity index (χ1v) is 9.32. The van der Waals surface area contributed by atoms with Crippen molar-refractivity contribution < 1.29 is 9.53 Å². The molecule has 3 aromatic rings. The van der Waals surface area contributed by atoms with Crippen LogP contribution in [0.5, 0.6) is 5.75 Å². The van der Waals surface area contributed by atoms with Crippen molar-refractivity contribution in [3.8, 4) is 16.9 Å². The zero-order chi connectivity index (χ0) is 19.2. The van der Waals surface area contributed by atoms with E-state index < -0.39 is 0 Å². The van der Waals surface area contributed by atoms with Gasteiger partial charge in [-0.25, -0.2) is 0 Å². The molecule has 3 aromatic carbocycles. The number of hydrogen-bond donors (Lipinski definition) is 1. The van der Waals surface area contributed by atoms with Gasteiger partial charge in [0.25, 0.3) is 5.91 Å². The molecule has 0 fully saturated rings. The fraction of sp³-hybridized carbons (Fsp3) is 0.174. The Morgan fingerprint density at radius 2 is 1.78 bits per heavy atom. The number of halogens is 1. The van der Waals surface area contributed by atoms with E-state index >= 15 is 0 Å². The summed E-state index contributed by atoms with van der Waals surface area (Å²) < 4.78 is 5.63. The summed E-state index contributed by atoms with van der Waals surface area (Å²) in [7, 11) is 0. The van der Waals surface area contributed by atoms with Crippen molar-refractivity contribution in [1.82, 2.24) is 0 Å². The van der Waals surface area contributed by atoms with Crippen LogP contribution < -0.4 is 10.1 Å². The van der Waals surface area contributed by atoms with Gasteiger partial charge in [-0.3, -0.25) is 4.79 Å². The maximum Gasteiger partial charge on any atom is 0.262 e. The van der Waals surface area contributed by atoms with E-state index in [2.05, 4.69) is 12.2 Å². The molecule has 3 nitrogen and oxygen atoms in total. The Hall–Kier alpha value is -2.78. The van der Waals surface area contributed by atoms with Gasteiger partial charge in [-0.2, -0.15) is 0 Å². The molecule has 0 aliphatic heterocycles. The van der Waals surface area contributed by atoms with Crippen LogP contribution in [-0.4, -0.2) is 12.5 Å². The molecule has 0 saturated heterocycles. The quantitative estimate of drug-likeness (QED) is 0.579. The number of para-hydroxylation sites is 1. The van der Waals surface area contributed by atoms with Crippen molar-refractivity contribution in [2.24, 2.45) is 0 Å². The highest BCUT2D eigenvalue weighted by atomic mass is 35.5. The van der Waals surface area contributed by atoms with E-state index in [0.29, 0.717) is 10.8 Å². The van der Waals surface area contributed by atoms with Crippen molar-refractivity contribution >= 4 is 23.2 Å². The summed E-state index contributed by atoms with van der Waals surface area (Å²) in [5.41, 5.74) is 5.08.